The van der Waals surface area contributed by atoms with Gasteiger partial charge in [-0.1, -0.05) is 0 Å². The Labute approximate surface area is 90.6 Å². The SMILES string of the molecule is FC=CS(F)(F)(F)(F)c1ccc(Br)cn1. The first kappa shape index (κ1) is 12.4. The van der Waals surface area contributed by atoms with E-state index in [-0.39, 0.29) is 4.47 Å². The third-order valence-electron chi connectivity index (χ3n) is 1.46. The zero-order valence-corrected chi connectivity index (χ0v) is 9.41. The van der Waals surface area contributed by atoms with Crippen molar-refractivity contribution in [3.63, 3.8) is 0 Å². The minimum Gasteiger partial charge on any atom is -0.242 e. The molecule has 0 aliphatic heterocycles. The molecule has 0 N–H and O–H groups in total. The average molecular weight is 310 g/mol. The Kier molecular flexibility index (Phi) is 2.44. The number of rotatable bonds is 2. The topological polar surface area (TPSA) is 12.9 Å². The van der Waals surface area contributed by atoms with Crippen LogP contribution in [0.1, 0.15) is 0 Å². The lowest BCUT2D eigenvalue weighted by Gasteiger charge is -2.45. The van der Waals surface area contributed by atoms with Crippen molar-refractivity contribution < 1.29 is 19.9 Å². The summed E-state index contributed by atoms with van der Waals surface area (Å²) < 4.78 is 64.0. The Bertz CT molecular complexity index is 408. The first-order valence-corrected chi connectivity index (χ1v) is 6.39. The van der Waals surface area contributed by atoms with Gasteiger partial charge in [-0.05, 0) is 28.1 Å². The van der Waals surface area contributed by atoms with E-state index in [4.69, 9.17) is 0 Å². The van der Waals surface area contributed by atoms with E-state index < -0.39 is 26.6 Å². The Hall–Kier alpha value is -0.630. The van der Waals surface area contributed by atoms with Crippen LogP contribution in [-0.4, -0.2) is 4.98 Å². The molecule has 0 spiro atoms. The first-order chi connectivity index (χ1) is 6.57. The van der Waals surface area contributed by atoms with Crippen molar-refractivity contribution in [3.8, 4) is 0 Å². The molecule has 0 fully saturated rings. The van der Waals surface area contributed by atoms with Crippen molar-refractivity contribution >= 4 is 25.8 Å². The number of hydrogen-bond donors (Lipinski definition) is 0. The molecule has 0 radical (unpaired) electrons. The molecule has 1 heterocycles. The molecule has 0 atom stereocenters. The molecule has 0 aliphatic carbocycles. The van der Waals surface area contributed by atoms with E-state index in [0.29, 0.717) is 6.07 Å². The standard InChI is InChI=1S/C7H5BrF5NS/c8-6-1-2-7(14-5-6)15(10,11,12,13)4-3-9/h1-5H. The summed E-state index contributed by atoms with van der Waals surface area (Å²) in [4.78, 5) is 2.90. The highest BCUT2D eigenvalue weighted by atomic mass is 79.9. The van der Waals surface area contributed by atoms with Crippen LogP contribution in [0.25, 0.3) is 0 Å². The molecule has 0 saturated carbocycles. The molecule has 1 aromatic rings. The number of hydrogen-bond acceptors (Lipinski definition) is 1. The minimum absolute atomic E-state index is 0.267. The minimum atomic E-state index is -8.70. The Morgan fingerprint density at radius 3 is 2.20 bits per heavy atom. The number of nitrogens with zero attached hydrogens (tertiary/aromatic N) is 1. The van der Waals surface area contributed by atoms with Crippen LogP contribution in [0.3, 0.4) is 0 Å². The van der Waals surface area contributed by atoms with E-state index in [9.17, 15) is 19.9 Å². The molecule has 15 heavy (non-hydrogen) atoms. The molecule has 0 aliphatic rings. The van der Waals surface area contributed by atoms with Gasteiger partial charge in [-0.15, -0.1) is 15.5 Å². The van der Waals surface area contributed by atoms with Gasteiger partial charge < -0.3 is 0 Å². The van der Waals surface area contributed by atoms with Crippen LogP contribution in [0, 0.1) is 0 Å². The quantitative estimate of drug-likeness (QED) is 0.696. The fourth-order valence-electron chi connectivity index (χ4n) is 0.788. The molecule has 1 rings (SSSR count). The maximum atomic E-state index is 13.0. The fraction of sp³-hybridized carbons (Fsp3) is 0. The molecule has 86 valence electrons. The summed E-state index contributed by atoms with van der Waals surface area (Å²) in [5.41, 5.74) is 0. The highest BCUT2D eigenvalue weighted by Crippen LogP contribution is 3.01. The number of pyridine rings is 1. The number of halogens is 6. The average Bonchev–Trinajstić information content (AvgIpc) is 2.02. The lowest BCUT2D eigenvalue weighted by atomic mass is 10.5. The lowest BCUT2D eigenvalue weighted by Crippen LogP contribution is -2.11. The van der Waals surface area contributed by atoms with Crippen LogP contribution in [0.15, 0.2) is 39.6 Å². The van der Waals surface area contributed by atoms with Crippen LogP contribution in [0.2, 0.25) is 0 Å². The van der Waals surface area contributed by atoms with Gasteiger partial charge in [0.2, 0.25) is 9.84 Å². The summed E-state index contributed by atoms with van der Waals surface area (Å²) >= 11 is 2.86. The van der Waals surface area contributed by atoms with Crippen molar-refractivity contribution in [3.05, 3.63) is 34.5 Å². The highest BCUT2D eigenvalue weighted by molar-refractivity contribution is 9.10. The highest BCUT2D eigenvalue weighted by Gasteiger charge is 2.63. The monoisotopic (exact) mass is 309 g/mol. The van der Waals surface area contributed by atoms with Gasteiger partial charge in [-0.2, -0.15) is 0 Å². The van der Waals surface area contributed by atoms with Crippen molar-refractivity contribution in [1.29, 1.82) is 0 Å². The molecule has 0 saturated heterocycles. The second-order valence-corrected chi connectivity index (χ2v) is 6.58. The van der Waals surface area contributed by atoms with E-state index >= 15 is 0 Å². The summed E-state index contributed by atoms with van der Waals surface area (Å²) in [6, 6.07) is 1.43. The van der Waals surface area contributed by atoms with Crippen molar-refractivity contribution in [2.45, 2.75) is 5.03 Å². The Morgan fingerprint density at radius 1 is 1.20 bits per heavy atom. The molecule has 0 unspecified atom stereocenters. The molecule has 1 aromatic heterocycles. The van der Waals surface area contributed by atoms with E-state index in [0.717, 1.165) is 12.3 Å². The van der Waals surface area contributed by atoms with Crippen molar-refractivity contribution in [2.75, 3.05) is 0 Å². The van der Waals surface area contributed by atoms with Gasteiger partial charge in [-0.25, -0.2) is 9.37 Å². The van der Waals surface area contributed by atoms with Crippen LogP contribution >= 0.6 is 25.8 Å². The summed E-state index contributed by atoms with van der Waals surface area (Å²) in [7, 11) is -8.70. The van der Waals surface area contributed by atoms with Gasteiger partial charge in [0.05, 0.1) is 11.7 Å². The summed E-state index contributed by atoms with van der Waals surface area (Å²) in [6.07, 6.45) is -0.0784. The maximum absolute atomic E-state index is 13.0. The third-order valence-corrected chi connectivity index (χ3v) is 3.70. The zero-order chi connectivity index (χ0) is 11.8. The van der Waals surface area contributed by atoms with Gasteiger partial charge in [0.1, 0.15) is 0 Å². The molecular formula is C7H5BrF5NS. The van der Waals surface area contributed by atoms with Crippen LogP contribution in [0.4, 0.5) is 19.9 Å². The van der Waals surface area contributed by atoms with E-state index in [1.54, 1.807) is 0 Å². The van der Waals surface area contributed by atoms with Gasteiger partial charge >= 0.3 is 0 Å². The summed E-state index contributed by atoms with van der Waals surface area (Å²) in [5, 5.41) is -2.75. The van der Waals surface area contributed by atoms with E-state index in [1.165, 1.54) is 0 Å². The van der Waals surface area contributed by atoms with Gasteiger partial charge in [-0.3, -0.25) is 0 Å². The largest absolute Gasteiger partial charge is 0.242 e. The van der Waals surface area contributed by atoms with Crippen molar-refractivity contribution in [1.82, 2.24) is 4.98 Å². The predicted molar refractivity (Wildman–Crippen MR) is 52.5 cm³/mol. The first-order valence-electron chi connectivity index (χ1n) is 3.48. The Morgan fingerprint density at radius 2 is 1.80 bits per heavy atom. The maximum Gasteiger partial charge on any atom is 0.220 e. The summed E-state index contributed by atoms with van der Waals surface area (Å²) in [5.74, 6) is 0. The molecular weight excluding hydrogens is 305 g/mol. The van der Waals surface area contributed by atoms with Crippen molar-refractivity contribution in [2.24, 2.45) is 0 Å². The van der Waals surface area contributed by atoms with Gasteiger partial charge in [0, 0.05) is 10.7 Å². The van der Waals surface area contributed by atoms with Crippen LogP contribution < -0.4 is 0 Å². The molecule has 8 heteroatoms. The zero-order valence-electron chi connectivity index (χ0n) is 7.01. The smallest absolute Gasteiger partial charge is 0.220 e. The van der Waals surface area contributed by atoms with E-state index in [1.807, 2.05) is 0 Å². The third kappa shape index (κ3) is 2.69. The fourth-order valence-corrected chi connectivity index (χ4v) is 1.99. The number of aromatic nitrogens is 1. The summed E-state index contributed by atoms with van der Waals surface area (Å²) in [6.45, 7) is 0. The van der Waals surface area contributed by atoms with Crippen LogP contribution in [-0.2, 0) is 0 Å². The lowest BCUT2D eigenvalue weighted by molar-refractivity contribution is 0.457. The van der Waals surface area contributed by atoms with E-state index in [2.05, 4.69) is 20.9 Å². The molecule has 1 nitrogen and oxygen atoms in total. The normalized spacial score (nSPS) is 17.5. The molecule has 0 aromatic carbocycles. The molecule has 0 amide bonds. The van der Waals surface area contributed by atoms with Gasteiger partial charge in [0.25, 0.3) is 0 Å². The van der Waals surface area contributed by atoms with Crippen LogP contribution in [0.5, 0.6) is 0 Å². The second-order valence-electron chi connectivity index (χ2n) is 2.71. The molecule has 0 bridgehead atoms. The Balaban J connectivity index is 3.44. The predicted octanol–water partition coefficient (Wildman–Crippen LogP) is 5.06. The second kappa shape index (κ2) is 2.94. The van der Waals surface area contributed by atoms with Gasteiger partial charge in [0.15, 0.2) is 5.03 Å².